The van der Waals surface area contributed by atoms with Gasteiger partial charge in [0.2, 0.25) is 0 Å². The summed E-state index contributed by atoms with van der Waals surface area (Å²) < 4.78 is 5.81. The van der Waals surface area contributed by atoms with E-state index < -0.39 is 0 Å². The summed E-state index contributed by atoms with van der Waals surface area (Å²) in [6, 6.07) is 0.427. The number of urea groups is 1. The number of rotatable bonds is 5. The Labute approximate surface area is 135 Å². The standard InChI is InChI=1S/C17H33N3O2/c1-4-6-9-19-10-7-15(8-11-19)18-16(21)20-12-13-22-17(3,5-2)14-20/h15H,4-14H2,1-3H3,(H,18,21)/t17-/m1/s1. The van der Waals surface area contributed by atoms with Gasteiger partial charge in [-0.3, -0.25) is 0 Å². The lowest BCUT2D eigenvalue weighted by Crippen LogP contribution is -2.56. The number of carbonyl (C=O) groups is 1. The number of hydrogen-bond acceptors (Lipinski definition) is 3. The van der Waals surface area contributed by atoms with E-state index in [1.807, 2.05) is 4.90 Å². The molecular formula is C17H33N3O2. The van der Waals surface area contributed by atoms with E-state index >= 15 is 0 Å². The molecule has 0 bridgehead atoms. The number of unbranched alkanes of at least 4 members (excludes halogenated alkanes) is 1. The Kier molecular flexibility index (Phi) is 6.50. The first kappa shape index (κ1) is 17.5. The normalized spacial score (nSPS) is 27.9. The first-order valence-electron chi connectivity index (χ1n) is 8.98. The fourth-order valence-electron chi connectivity index (χ4n) is 3.27. The summed E-state index contributed by atoms with van der Waals surface area (Å²) in [6.07, 6.45) is 5.62. The molecule has 0 unspecified atom stereocenters. The van der Waals surface area contributed by atoms with Crippen molar-refractivity contribution in [3.8, 4) is 0 Å². The molecule has 0 aliphatic carbocycles. The van der Waals surface area contributed by atoms with Gasteiger partial charge in [0, 0.05) is 25.7 Å². The highest BCUT2D eigenvalue weighted by atomic mass is 16.5. The van der Waals surface area contributed by atoms with Gasteiger partial charge in [0.25, 0.3) is 0 Å². The molecule has 2 heterocycles. The molecule has 2 fully saturated rings. The number of ether oxygens (including phenoxy) is 1. The van der Waals surface area contributed by atoms with Crippen molar-refractivity contribution in [3.63, 3.8) is 0 Å². The Morgan fingerprint density at radius 3 is 2.64 bits per heavy atom. The van der Waals surface area contributed by atoms with E-state index in [0.717, 1.165) is 32.4 Å². The minimum atomic E-state index is -0.181. The molecule has 0 aromatic rings. The molecule has 0 spiro atoms. The third kappa shape index (κ3) is 4.85. The molecule has 128 valence electrons. The summed E-state index contributed by atoms with van der Waals surface area (Å²) in [5, 5.41) is 3.23. The van der Waals surface area contributed by atoms with Crippen LogP contribution in [0.4, 0.5) is 4.79 Å². The summed E-state index contributed by atoms with van der Waals surface area (Å²) in [5.41, 5.74) is -0.181. The van der Waals surface area contributed by atoms with Crippen LogP contribution in [0, 0.1) is 0 Å². The minimum absolute atomic E-state index is 0.0926. The van der Waals surface area contributed by atoms with Crippen LogP contribution >= 0.6 is 0 Å². The quantitative estimate of drug-likeness (QED) is 0.848. The molecule has 2 aliphatic heterocycles. The highest BCUT2D eigenvalue weighted by Gasteiger charge is 2.33. The number of hydrogen-bond donors (Lipinski definition) is 1. The molecule has 0 radical (unpaired) electrons. The van der Waals surface area contributed by atoms with Crippen molar-refractivity contribution in [1.82, 2.24) is 15.1 Å². The van der Waals surface area contributed by atoms with Gasteiger partial charge in [-0.15, -0.1) is 0 Å². The Bertz CT molecular complexity index is 356. The molecule has 2 rings (SSSR count). The van der Waals surface area contributed by atoms with E-state index in [0.29, 0.717) is 25.7 Å². The molecule has 0 saturated carbocycles. The van der Waals surface area contributed by atoms with Crippen LogP contribution in [0.1, 0.15) is 52.9 Å². The molecule has 5 heteroatoms. The Balaban J connectivity index is 1.74. The molecular weight excluding hydrogens is 278 g/mol. The van der Waals surface area contributed by atoms with Gasteiger partial charge in [0.1, 0.15) is 0 Å². The average molecular weight is 311 g/mol. The average Bonchev–Trinajstić information content (AvgIpc) is 2.54. The van der Waals surface area contributed by atoms with E-state index in [1.54, 1.807) is 0 Å². The van der Waals surface area contributed by atoms with Crippen molar-refractivity contribution in [3.05, 3.63) is 0 Å². The van der Waals surface area contributed by atoms with E-state index in [1.165, 1.54) is 19.4 Å². The second-order valence-electron chi connectivity index (χ2n) is 6.99. The number of amides is 2. The number of morpholine rings is 1. The van der Waals surface area contributed by atoms with Crippen molar-refractivity contribution in [2.75, 3.05) is 39.3 Å². The predicted molar refractivity (Wildman–Crippen MR) is 89.1 cm³/mol. The van der Waals surface area contributed by atoms with Gasteiger partial charge >= 0.3 is 6.03 Å². The summed E-state index contributed by atoms with van der Waals surface area (Å²) >= 11 is 0. The van der Waals surface area contributed by atoms with Crippen LogP contribution < -0.4 is 5.32 Å². The molecule has 1 atom stereocenters. The lowest BCUT2D eigenvalue weighted by Gasteiger charge is -2.41. The second-order valence-corrected chi connectivity index (χ2v) is 6.99. The summed E-state index contributed by atoms with van der Waals surface area (Å²) in [5.74, 6) is 0. The van der Waals surface area contributed by atoms with E-state index in [-0.39, 0.29) is 11.6 Å². The molecule has 1 N–H and O–H groups in total. The number of piperidine rings is 1. The maximum atomic E-state index is 12.5. The lowest BCUT2D eigenvalue weighted by molar-refractivity contribution is -0.0875. The van der Waals surface area contributed by atoms with Crippen LogP contribution in [0.3, 0.4) is 0 Å². The monoisotopic (exact) mass is 311 g/mol. The van der Waals surface area contributed by atoms with Gasteiger partial charge in [-0.05, 0) is 39.2 Å². The van der Waals surface area contributed by atoms with Crippen LogP contribution in [0.25, 0.3) is 0 Å². The van der Waals surface area contributed by atoms with Crippen molar-refractivity contribution < 1.29 is 9.53 Å². The molecule has 0 aromatic heterocycles. The van der Waals surface area contributed by atoms with Crippen LogP contribution in [0.2, 0.25) is 0 Å². The second kappa shape index (κ2) is 8.16. The van der Waals surface area contributed by atoms with E-state index in [2.05, 4.69) is 31.0 Å². The van der Waals surface area contributed by atoms with Gasteiger partial charge in [-0.2, -0.15) is 0 Å². The van der Waals surface area contributed by atoms with Gasteiger partial charge in [0.05, 0.1) is 18.8 Å². The third-order valence-corrected chi connectivity index (χ3v) is 5.12. The smallest absolute Gasteiger partial charge is 0.317 e. The lowest BCUT2D eigenvalue weighted by atomic mass is 10.0. The highest BCUT2D eigenvalue weighted by Crippen LogP contribution is 2.21. The van der Waals surface area contributed by atoms with Gasteiger partial charge in [-0.25, -0.2) is 4.79 Å². The van der Waals surface area contributed by atoms with Gasteiger partial charge in [-0.1, -0.05) is 20.3 Å². The number of nitrogens with zero attached hydrogens (tertiary/aromatic N) is 2. The minimum Gasteiger partial charge on any atom is -0.372 e. The highest BCUT2D eigenvalue weighted by molar-refractivity contribution is 5.74. The van der Waals surface area contributed by atoms with Crippen LogP contribution in [-0.4, -0.2) is 66.8 Å². The van der Waals surface area contributed by atoms with Gasteiger partial charge < -0.3 is 19.9 Å². The first-order valence-corrected chi connectivity index (χ1v) is 8.98. The van der Waals surface area contributed by atoms with Crippen LogP contribution in [0.5, 0.6) is 0 Å². The molecule has 22 heavy (non-hydrogen) atoms. The molecule has 2 saturated heterocycles. The Morgan fingerprint density at radius 2 is 2.00 bits per heavy atom. The maximum absolute atomic E-state index is 12.5. The fourth-order valence-corrected chi connectivity index (χ4v) is 3.27. The molecule has 0 aromatic carbocycles. The number of nitrogens with one attached hydrogen (secondary N) is 1. The Hall–Kier alpha value is -0.810. The van der Waals surface area contributed by atoms with Crippen LogP contribution in [-0.2, 0) is 4.74 Å². The van der Waals surface area contributed by atoms with Crippen molar-refractivity contribution in [1.29, 1.82) is 0 Å². The number of carbonyl (C=O) groups excluding carboxylic acids is 1. The zero-order valence-corrected chi connectivity index (χ0v) is 14.6. The summed E-state index contributed by atoms with van der Waals surface area (Å²) in [4.78, 5) is 16.9. The molecule has 5 nitrogen and oxygen atoms in total. The number of likely N-dealkylation sites (tertiary alicyclic amines) is 1. The SMILES string of the molecule is CCCCN1CCC(NC(=O)N2CCO[C@](C)(CC)C2)CC1. The van der Waals surface area contributed by atoms with E-state index in [9.17, 15) is 4.79 Å². The van der Waals surface area contributed by atoms with Crippen molar-refractivity contribution in [2.45, 2.75) is 64.5 Å². The third-order valence-electron chi connectivity index (χ3n) is 5.12. The summed E-state index contributed by atoms with van der Waals surface area (Å²) in [7, 11) is 0. The zero-order valence-electron chi connectivity index (χ0n) is 14.6. The fraction of sp³-hybridized carbons (Fsp3) is 0.941. The first-order chi connectivity index (χ1) is 10.6. The largest absolute Gasteiger partial charge is 0.372 e. The molecule has 2 amide bonds. The van der Waals surface area contributed by atoms with Crippen molar-refractivity contribution >= 4 is 6.03 Å². The van der Waals surface area contributed by atoms with E-state index in [4.69, 9.17) is 4.74 Å². The van der Waals surface area contributed by atoms with Gasteiger partial charge in [0.15, 0.2) is 0 Å². The summed E-state index contributed by atoms with van der Waals surface area (Å²) in [6.45, 7) is 11.9. The van der Waals surface area contributed by atoms with Crippen molar-refractivity contribution in [2.24, 2.45) is 0 Å². The predicted octanol–water partition coefficient (Wildman–Crippen LogP) is 2.46. The topological polar surface area (TPSA) is 44.8 Å². The Morgan fingerprint density at radius 1 is 1.27 bits per heavy atom. The molecule has 2 aliphatic rings. The zero-order chi connectivity index (χ0) is 16.0. The maximum Gasteiger partial charge on any atom is 0.317 e. The van der Waals surface area contributed by atoms with Crippen LogP contribution in [0.15, 0.2) is 0 Å².